The van der Waals surface area contributed by atoms with Gasteiger partial charge >= 0.3 is 0 Å². The third-order valence-electron chi connectivity index (χ3n) is 5.84. The van der Waals surface area contributed by atoms with Crippen LogP contribution in [0, 0.1) is 11.2 Å². The zero-order chi connectivity index (χ0) is 28.6. The smallest absolute Gasteiger partial charge is 0.266 e. The van der Waals surface area contributed by atoms with Crippen molar-refractivity contribution in [3.05, 3.63) is 107 Å². The number of nitrogens with one attached hydrogen (secondary N) is 2. The van der Waals surface area contributed by atoms with Crippen LogP contribution in [-0.4, -0.2) is 37.1 Å². The van der Waals surface area contributed by atoms with E-state index in [1.165, 1.54) is 24.3 Å². The Morgan fingerprint density at radius 3 is 2.13 bits per heavy atom. The third kappa shape index (κ3) is 10.1. The van der Waals surface area contributed by atoms with Crippen LogP contribution in [-0.2, 0) is 21.3 Å². The van der Waals surface area contributed by atoms with E-state index in [-0.39, 0.29) is 17.9 Å². The molecular weight excluding hydrogens is 519 g/mol. The number of benzene rings is 3. The highest BCUT2D eigenvalue weighted by Gasteiger charge is 2.22. The molecule has 1 atom stereocenters. The molecule has 3 aromatic rings. The molecule has 7 nitrogen and oxygen atoms in total. The number of rotatable bonds is 10. The third-order valence-corrected chi connectivity index (χ3v) is 6.56. The van der Waals surface area contributed by atoms with Crippen LogP contribution in [0.1, 0.15) is 53.7 Å². The van der Waals surface area contributed by atoms with Crippen molar-refractivity contribution < 1.29 is 27.0 Å². The molecule has 0 saturated heterocycles. The number of hydrogen-bond donors (Lipinski definition) is 3. The minimum absolute atomic E-state index is 0.0376. The SMILES string of the molecule is CC(C)(C)C=Cc1ccc(C(Cc2ccc(C(=O)NCCS(=O)(=O)O)cc2)C(=O)Nc2ccc(F)cc2)cc1. The molecule has 3 rings (SSSR count). The maximum absolute atomic E-state index is 13.4. The zero-order valence-electron chi connectivity index (χ0n) is 22.1. The van der Waals surface area contributed by atoms with Gasteiger partial charge in [0.1, 0.15) is 5.82 Å². The number of anilines is 1. The topological polar surface area (TPSA) is 113 Å². The van der Waals surface area contributed by atoms with Crippen molar-refractivity contribution in [1.29, 1.82) is 0 Å². The quantitative estimate of drug-likeness (QED) is 0.289. The molecule has 0 heterocycles. The summed E-state index contributed by atoms with van der Waals surface area (Å²) in [4.78, 5) is 25.7. The summed E-state index contributed by atoms with van der Waals surface area (Å²) in [7, 11) is -4.17. The van der Waals surface area contributed by atoms with Gasteiger partial charge in [-0.1, -0.05) is 69.3 Å². The van der Waals surface area contributed by atoms with E-state index >= 15 is 0 Å². The van der Waals surface area contributed by atoms with Crippen LogP contribution >= 0.6 is 0 Å². The molecule has 9 heteroatoms. The molecule has 0 radical (unpaired) electrons. The van der Waals surface area contributed by atoms with E-state index in [0.717, 1.165) is 16.7 Å². The van der Waals surface area contributed by atoms with Crippen LogP contribution in [0.15, 0.2) is 78.9 Å². The summed E-state index contributed by atoms with van der Waals surface area (Å²) in [6.07, 6.45) is 4.49. The van der Waals surface area contributed by atoms with Crippen molar-refractivity contribution in [3.8, 4) is 0 Å². The standard InChI is InChI=1S/C30H33FN2O5S/c1-30(2,3)17-16-21-4-8-23(9-5-21)27(29(35)33-26-14-12-25(31)13-15-26)20-22-6-10-24(11-7-22)28(34)32-18-19-39(36,37)38/h4-17,27H,18-20H2,1-3H3,(H,32,34)(H,33,35)(H,36,37,38). The first-order chi connectivity index (χ1) is 18.3. The van der Waals surface area contributed by atoms with Gasteiger partial charge in [-0.3, -0.25) is 14.1 Å². The summed E-state index contributed by atoms with van der Waals surface area (Å²) in [6, 6.07) is 19.9. The Kier molecular flexibility index (Phi) is 9.77. The van der Waals surface area contributed by atoms with Crippen molar-refractivity contribution in [2.75, 3.05) is 17.6 Å². The predicted octanol–water partition coefficient (Wildman–Crippen LogP) is 5.47. The molecule has 3 N–H and O–H groups in total. The van der Waals surface area contributed by atoms with Gasteiger partial charge in [0.15, 0.2) is 0 Å². The fourth-order valence-corrected chi connectivity index (χ4v) is 4.09. The lowest BCUT2D eigenvalue weighted by Gasteiger charge is -2.18. The highest BCUT2D eigenvalue weighted by molar-refractivity contribution is 7.85. The van der Waals surface area contributed by atoms with Gasteiger partial charge in [0, 0.05) is 17.8 Å². The van der Waals surface area contributed by atoms with E-state index in [0.29, 0.717) is 17.7 Å². The first-order valence-corrected chi connectivity index (χ1v) is 14.1. The summed E-state index contributed by atoms with van der Waals surface area (Å²) < 4.78 is 43.8. The minimum Gasteiger partial charge on any atom is -0.351 e. The van der Waals surface area contributed by atoms with Gasteiger partial charge in [0.25, 0.3) is 16.0 Å². The van der Waals surface area contributed by atoms with Crippen molar-refractivity contribution >= 4 is 33.7 Å². The van der Waals surface area contributed by atoms with E-state index < -0.39 is 33.5 Å². The molecule has 206 valence electrons. The highest BCUT2D eigenvalue weighted by atomic mass is 32.2. The van der Waals surface area contributed by atoms with E-state index in [9.17, 15) is 22.4 Å². The van der Waals surface area contributed by atoms with Crippen LogP contribution in [0.3, 0.4) is 0 Å². The van der Waals surface area contributed by atoms with Gasteiger partial charge in [-0.05, 0) is 64.9 Å². The summed E-state index contributed by atoms with van der Waals surface area (Å²) in [5.41, 5.74) is 3.45. The summed E-state index contributed by atoms with van der Waals surface area (Å²) >= 11 is 0. The van der Waals surface area contributed by atoms with Crippen LogP contribution in [0.5, 0.6) is 0 Å². The Morgan fingerprint density at radius 2 is 1.56 bits per heavy atom. The van der Waals surface area contributed by atoms with Crippen LogP contribution in [0.2, 0.25) is 0 Å². The first kappa shape index (κ1) is 29.7. The molecule has 0 aliphatic rings. The van der Waals surface area contributed by atoms with Crippen molar-refractivity contribution in [1.82, 2.24) is 5.32 Å². The number of hydrogen-bond acceptors (Lipinski definition) is 4. The normalized spacial score (nSPS) is 12.7. The molecule has 3 aromatic carbocycles. The summed E-state index contributed by atoms with van der Waals surface area (Å²) in [5.74, 6) is -2.27. The minimum atomic E-state index is -4.17. The molecule has 0 saturated carbocycles. The Bertz CT molecular complexity index is 1410. The average Bonchev–Trinajstić information content (AvgIpc) is 2.87. The molecule has 0 aromatic heterocycles. The molecular formula is C30H33FN2O5S. The molecule has 39 heavy (non-hydrogen) atoms. The van der Waals surface area contributed by atoms with E-state index in [4.69, 9.17) is 4.55 Å². The lowest BCUT2D eigenvalue weighted by Crippen LogP contribution is -2.28. The van der Waals surface area contributed by atoms with Gasteiger partial charge in [-0.15, -0.1) is 0 Å². The van der Waals surface area contributed by atoms with Crippen molar-refractivity contribution in [3.63, 3.8) is 0 Å². The van der Waals surface area contributed by atoms with Crippen molar-refractivity contribution in [2.24, 2.45) is 5.41 Å². The maximum atomic E-state index is 13.4. The fraction of sp³-hybridized carbons (Fsp3) is 0.267. The molecule has 0 aliphatic heterocycles. The lowest BCUT2D eigenvalue weighted by atomic mass is 9.89. The summed E-state index contributed by atoms with van der Waals surface area (Å²) in [5, 5.41) is 5.30. The second kappa shape index (κ2) is 12.8. The first-order valence-electron chi connectivity index (χ1n) is 12.5. The van der Waals surface area contributed by atoms with Crippen LogP contribution < -0.4 is 10.6 Å². The Labute approximate surface area is 228 Å². The average molecular weight is 553 g/mol. The molecule has 1 unspecified atom stereocenters. The Hall–Kier alpha value is -3.82. The van der Waals surface area contributed by atoms with Gasteiger partial charge in [-0.25, -0.2) is 4.39 Å². The van der Waals surface area contributed by atoms with E-state index in [2.05, 4.69) is 37.5 Å². The van der Waals surface area contributed by atoms with Gasteiger partial charge < -0.3 is 10.6 Å². The highest BCUT2D eigenvalue weighted by Crippen LogP contribution is 2.25. The monoisotopic (exact) mass is 552 g/mol. The van der Waals surface area contributed by atoms with Crippen LogP contribution in [0.4, 0.5) is 10.1 Å². The molecule has 2 amide bonds. The van der Waals surface area contributed by atoms with E-state index in [1.807, 2.05) is 30.3 Å². The fourth-order valence-electron chi connectivity index (χ4n) is 3.73. The van der Waals surface area contributed by atoms with Gasteiger partial charge in [0.2, 0.25) is 5.91 Å². The van der Waals surface area contributed by atoms with Gasteiger partial charge in [0.05, 0.1) is 11.7 Å². The number of amides is 2. The molecule has 0 fully saturated rings. The van der Waals surface area contributed by atoms with Gasteiger partial charge in [-0.2, -0.15) is 8.42 Å². The summed E-state index contributed by atoms with van der Waals surface area (Å²) in [6.45, 7) is 6.12. The van der Waals surface area contributed by atoms with E-state index in [1.54, 1.807) is 24.3 Å². The largest absolute Gasteiger partial charge is 0.351 e. The number of halogens is 1. The maximum Gasteiger partial charge on any atom is 0.266 e. The zero-order valence-corrected chi connectivity index (χ0v) is 23.0. The number of allylic oxidation sites excluding steroid dienone is 1. The van der Waals surface area contributed by atoms with Crippen LogP contribution in [0.25, 0.3) is 6.08 Å². The number of carbonyl (C=O) groups is 2. The lowest BCUT2D eigenvalue weighted by molar-refractivity contribution is -0.117. The Morgan fingerprint density at radius 1 is 0.949 bits per heavy atom. The molecule has 0 spiro atoms. The Balaban J connectivity index is 1.79. The molecule has 0 aliphatic carbocycles. The second-order valence-corrected chi connectivity index (χ2v) is 11.9. The molecule has 0 bridgehead atoms. The number of carbonyl (C=O) groups excluding carboxylic acids is 2. The predicted molar refractivity (Wildman–Crippen MR) is 152 cm³/mol. The van der Waals surface area contributed by atoms with Crippen molar-refractivity contribution in [2.45, 2.75) is 33.1 Å². The second-order valence-electron chi connectivity index (χ2n) is 10.4.